The molecule has 0 unspecified atom stereocenters. The van der Waals surface area contributed by atoms with Gasteiger partial charge in [0.25, 0.3) is 0 Å². The van der Waals surface area contributed by atoms with Crippen LogP contribution in [0.2, 0.25) is 0 Å². The molecule has 1 aliphatic rings. The molecule has 1 fully saturated rings. The van der Waals surface area contributed by atoms with Crippen LogP contribution in [-0.2, 0) is 9.53 Å². The van der Waals surface area contributed by atoms with Gasteiger partial charge in [-0.05, 0) is 32.9 Å². The van der Waals surface area contributed by atoms with E-state index in [-0.39, 0.29) is 12.0 Å². The van der Waals surface area contributed by atoms with Crippen LogP contribution in [0.3, 0.4) is 0 Å². The zero-order valence-corrected chi connectivity index (χ0v) is 7.88. The Morgan fingerprint density at radius 2 is 2.42 bits per heavy atom. The summed E-state index contributed by atoms with van der Waals surface area (Å²) in [7, 11) is 1.98. The van der Waals surface area contributed by atoms with Crippen molar-refractivity contribution in [3.8, 4) is 0 Å². The Balaban J connectivity index is 2.30. The lowest BCUT2D eigenvalue weighted by Gasteiger charge is -2.17. The van der Waals surface area contributed by atoms with Gasteiger partial charge in [0.2, 0.25) is 0 Å². The van der Waals surface area contributed by atoms with Gasteiger partial charge < -0.3 is 4.74 Å². The monoisotopic (exact) mass is 171 g/mol. The Morgan fingerprint density at radius 1 is 1.67 bits per heavy atom. The molecular formula is C9H17NO2. The number of likely N-dealkylation sites (N-methyl/N-ethyl adjacent to an activating group) is 1. The standard InChI is InChI=1S/C9H17NO2/c1-3-7-12-9(11)8-5-4-6-10(8)2/h8H,3-7H2,1-2H3/t8-/m1/s1. The molecule has 3 nitrogen and oxygen atoms in total. The van der Waals surface area contributed by atoms with Gasteiger partial charge in [-0.2, -0.15) is 0 Å². The van der Waals surface area contributed by atoms with E-state index in [1.165, 1.54) is 0 Å². The Labute approximate surface area is 73.7 Å². The van der Waals surface area contributed by atoms with E-state index in [1.807, 2.05) is 14.0 Å². The minimum atomic E-state index is -0.0446. The van der Waals surface area contributed by atoms with Crippen molar-refractivity contribution in [3.05, 3.63) is 0 Å². The molecule has 1 aliphatic heterocycles. The van der Waals surface area contributed by atoms with Crippen LogP contribution < -0.4 is 0 Å². The zero-order chi connectivity index (χ0) is 8.97. The number of carbonyl (C=O) groups is 1. The van der Waals surface area contributed by atoms with E-state index >= 15 is 0 Å². The average molecular weight is 171 g/mol. The predicted molar refractivity (Wildman–Crippen MR) is 46.9 cm³/mol. The highest BCUT2D eigenvalue weighted by molar-refractivity contribution is 5.76. The molecule has 1 atom stereocenters. The summed E-state index contributed by atoms with van der Waals surface area (Å²) in [6.45, 7) is 3.58. The lowest BCUT2D eigenvalue weighted by molar-refractivity contribution is -0.148. The minimum absolute atomic E-state index is 0.0246. The van der Waals surface area contributed by atoms with Crippen LogP contribution >= 0.6 is 0 Å². The summed E-state index contributed by atoms with van der Waals surface area (Å²) in [5.74, 6) is -0.0446. The van der Waals surface area contributed by atoms with Crippen molar-refractivity contribution >= 4 is 5.97 Å². The largest absolute Gasteiger partial charge is 0.465 e. The molecule has 0 aliphatic carbocycles. The lowest BCUT2D eigenvalue weighted by Crippen LogP contribution is -2.34. The van der Waals surface area contributed by atoms with E-state index in [0.29, 0.717) is 6.61 Å². The van der Waals surface area contributed by atoms with E-state index in [4.69, 9.17) is 4.74 Å². The van der Waals surface area contributed by atoms with Gasteiger partial charge in [-0.25, -0.2) is 0 Å². The second-order valence-corrected chi connectivity index (χ2v) is 3.31. The van der Waals surface area contributed by atoms with Crippen molar-refractivity contribution < 1.29 is 9.53 Å². The van der Waals surface area contributed by atoms with Crippen molar-refractivity contribution in [1.29, 1.82) is 0 Å². The van der Waals surface area contributed by atoms with Crippen molar-refractivity contribution in [2.45, 2.75) is 32.2 Å². The van der Waals surface area contributed by atoms with Gasteiger partial charge in [0.1, 0.15) is 6.04 Å². The van der Waals surface area contributed by atoms with Crippen LogP contribution in [-0.4, -0.2) is 37.1 Å². The molecule has 1 heterocycles. The Kier molecular flexibility index (Phi) is 3.53. The van der Waals surface area contributed by atoms with Gasteiger partial charge in [-0.1, -0.05) is 6.92 Å². The Bertz CT molecular complexity index is 159. The smallest absolute Gasteiger partial charge is 0.323 e. The summed E-state index contributed by atoms with van der Waals surface area (Å²) in [5.41, 5.74) is 0. The number of likely N-dealkylation sites (tertiary alicyclic amines) is 1. The summed E-state index contributed by atoms with van der Waals surface area (Å²) in [6.07, 6.45) is 2.98. The molecule has 0 saturated carbocycles. The third-order valence-corrected chi connectivity index (χ3v) is 2.24. The number of rotatable bonds is 3. The molecule has 0 bridgehead atoms. The van der Waals surface area contributed by atoms with Gasteiger partial charge >= 0.3 is 5.97 Å². The number of carbonyl (C=O) groups excluding carboxylic acids is 1. The summed E-state index contributed by atoms with van der Waals surface area (Å²) < 4.78 is 5.06. The molecule has 0 N–H and O–H groups in total. The zero-order valence-electron chi connectivity index (χ0n) is 7.88. The van der Waals surface area contributed by atoms with Crippen LogP contribution in [0.1, 0.15) is 26.2 Å². The van der Waals surface area contributed by atoms with Crippen molar-refractivity contribution in [1.82, 2.24) is 4.90 Å². The third kappa shape index (κ3) is 2.21. The first-order chi connectivity index (χ1) is 5.75. The Hall–Kier alpha value is -0.570. The van der Waals surface area contributed by atoms with E-state index in [1.54, 1.807) is 0 Å². The summed E-state index contributed by atoms with van der Waals surface area (Å²) in [5, 5.41) is 0. The molecule has 0 aromatic heterocycles. The van der Waals surface area contributed by atoms with E-state index in [2.05, 4.69) is 4.90 Å². The number of esters is 1. The van der Waals surface area contributed by atoms with Crippen LogP contribution in [0.15, 0.2) is 0 Å². The van der Waals surface area contributed by atoms with Crippen LogP contribution in [0.4, 0.5) is 0 Å². The van der Waals surface area contributed by atoms with Crippen molar-refractivity contribution in [3.63, 3.8) is 0 Å². The van der Waals surface area contributed by atoms with E-state index in [9.17, 15) is 4.79 Å². The van der Waals surface area contributed by atoms with Gasteiger partial charge in [0.05, 0.1) is 6.61 Å². The quantitative estimate of drug-likeness (QED) is 0.594. The number of ether oxygens (including phenoxy) is 1. The fourth-order valence-electron chi connectivity index (χ4n) is 1.51. The molecule has 70 valence electrons. The summed E-state index contributed by atoms with van der Waals surface area (Å²) in [6, 6.07) is 0.0246. The summed E-state index contributed by atoms with van der Waals surface area (Å²) in [4.78, 5) is 13.4. The number of hydrogen-bond acceptors (Lipinski definition) is 3. The topological polar surface area (TPSA) is 29.5 Å². The lowest BCUT2D eigenvalue weighted by atomic mass is 10.2. The molecular weight excluding hydrogens is 154 g/mol. The Morgan fingerprint density at radius 3 is 2.92 bits per heavy atom. The fraction of sp³-hybridized carbons (Fsp3) is 0.889. The van der Waals surface area contributed by atoms with Crippen LogP contribution in [0.5, 0.6) is 0 Å². The van der Waals surface area contributed by atoms with Gasteiger partial charge in [-0.15, -0.1) is 0 Å². The highest BCUT2D eigenvalue weighted by Crippen LogP contribution is 2.15. The van der Waals surface area contributed by atoms with Gasteiger partial charge in [0, 0.05) is 0 Å². The van der Waals surface area contributed by atoms with Crippen molar-refractivity contribution in [2.75, 3.05) is 20.2 Å². The van der Waals surface area contributed by atoms with Crippen LogP contribution in [0, 0.1) is 0 Å². The van der Waals surface area contributed by atoms with Crippen LogP contribution in [0.25, 0.3) is 0 Å². The second-order valence-electron chi connectivity index (χ2n) is 3.31. The van der Waals surface area contributed by atoms with E-state index in [0.717, 1.165) is 25.8 Å². The maximum absolute atomic E-state index is 11.4. The minimum Gasteiger partial charge on any atom is -0.465 e. The second kappa shape index (κ2) is 4.45. The average Bonchev–Trinajstić information content (AvgIpc) is 2.47. The molecule has 0 spiro atoms. The first-order valence-electron chi connectivity index (χ1n) is 4.62. The maximum Gasteiger partial charge on any atom is 0.323 e. The molecule has 0 aromatic carbocycles. The third-order valence-electron chi connectivity index (χ3n) is 2.24. The highest BCUT2D eigenvalue weighted by atomic mass is 16.5. The maximum atomic E-state index is 11.4. The number of nitrogens with zero attached hydrogens (tertiary/aromatic N) is 1. The number of hydrogen-bond donors (Lipinski definition) is 0. The molecule has 12 heavy (non-hydrogen) atoms. The first-order valence-corrected chi connectivity index (χ1v) is 4.62. The first kappa shape index (κ1) is 9.52. The fourth-order valence-corrected chi connectivity index (χ4v) is 1.51. The van der Waals surface area contributed by atoms with Crippen molar-refractivity contribution in [2.24, 2.45) is 0 Å². The molecule has 1 rings (SSSR count). The molecule has 0 radical (unpaired) electrons. The predicted octanol–water partition coefficient (Wildman–Crippen LogP) is 1.03. The molecule has 0 amide bonds. The molecule has 1 saturated heterocycles. The normalized spacial score (nSPS) is 24.3. The highest BCUT2D eigenvalue weighted by Gasteiger charge is 2.28. The van der Waals surface area contributed by atoms with Gasteiger partial charge in [-0.3, -0.25) is 9.69 Å². The molecule has 3 heteroatoms. The summed E-state index contributed by atoms with van der Waals surface area (Å²) >= 11 is 0. The van der Waals surface area contributed by atoms with E-state index < -0.39 is 0 Å². The molecule has 0 aromatic rings. The van der Waals surface area contributed by atoms with Gasteiger partial charge in [0.15, 0.2) is 0 Å². The SMILES string of the molecule is CCCOC(=O)[C@H]1CCCN1C.